The number of nitrogens with one attached hydrogen (secondary N) is 2. The molecular weight excluding hydrogens is 345 g/mol. The number of carbonyl (C=O) groups is 2. The SMILES string of the molecule is O=C(N/N=C\c1ccccc1)c1cccc(NC(=O)c2ccc(F)cc2)c1. The average Bonchev–Trinajstić information content (AvgIpc) is 2.69. The maximum absolute atomic E-state index is 12.9. The maximum atomic E-state index is 12.9. The van der Waals surface area contributed by atoms with Crippen molar-refractivity contribution in [1.82, 2.24) is 5.43 Å². The smallest absolute Gasteiger partial charge is 0.271 e. The molecule has 134 valence electrons. The van der Waals surface area contributed by atoms with Crippen LogP contribution in [0.4, 0.5) is 10.1 Å². The van der Waals surface area contributed by atoms with E-state index in [2.05, 4.69) is 15.8 Å². The molecule has 3 aromatic carbocycles. The molecule has 2 N–H and O–H groups in total. The van der Waals surface area contributed by atoms with E-state index in [1.54, 1.807) is 18.2 Å². The first-order valence-corrected chi connectivity index (χ1v) is 8.17. The quantitative estimate of drug-likeness (QED) is 0.535. The molecule has 0 spiro atoms. The number of benzene rings is 3. The lowest BCUT2D eigenvalue weighted by Crippen LogP contribution is -2.18. The summed E-state index contributed by atoms with van der Waals surface area (Å²) in [6.45, 7) is 0. The summed E-state index contributed by atoms with van der Waals surface area (Å²) in [7, 11) is 0. The molecule has 3 aromatic rings. The molecule has 0 fully saturated rings. The Morgan fingerprint density at radius 3 is 2.30 bits per heavy atom. The van der Waals surface area contributed by atoms with Crippen LogP contribution in [-0.2, 0) is 0 Å². The zero-order valence-corrected chi connectivity index (χ0v) is 14.2. The summed E-state index contributed by atoms with van der Waals surface area (Å²) in [6, 6.07) is 21.0. The van der Waals surface area contributed by atoms with Crippen molar-refractivity contribution < 1.29 is 14.0 Å². The molecule has 0 atom stereocenters. The van der Waals surface area contributed by atoms with Gasteiger partial charge in [0.15, 0.2) is 0 Å². The van der Waals surface area contributed by atoms with Crippen molar-refractivity contribution >= 4 is 23.7 Å². The minimum Gasteiger partial charge on any atom is -0.322 e. The van der Waals surface area contributed by atoms with Crippen LogP contribution in [0.5, 0.6) is 0 Å². The number of halogens is 1. The van der Waals surface area contributed by atoms with E-state index >= 15 is 0 Å². The molecule has 0 bridgehead atoms. The molecule has 0 saturated carbocycles. The summed E-state index contributed by atoms with van der Waals surface area (Å²) in [6.07, 6.45) is 1.54. The maximum Gasteiger partial charge on any atom is 0.271 e. The second-order valence-corrected chi connectivity index (χ2v) is 5.65. The van der Waals surface area contributed by atoms with Crippen LogP contribution in [0.2, 0.25) is 0 Å². The van der Waals surface area contributed by atoms with Gasteiger partial charge in [-0.3, -0.25) is 9.59 Å². The van der Waals surface area contributed by atoms with E-state index in [4.69, 9.17) is 0 Å². The number of hydrazone groups is 1. The van der Waals surface area contributed by atoms with Crippen molar-refractivity contribution in [2.75, 3.05) is 5.32 Å². The van der Waals surface area contributed by atoms with E-state index in [-0.39, 0.29) is 0 Å². The van der Waals surface area contributed by atoms with Crippen molar-refractivity contribution in [2.24, 2.45) is 5.10 Å². The Bertz CT molecular complexity index is 970. The highest BCUT2D eigenvalue weighted by molar-refractivity contribution is 6.05. The van der Waals surface area contributed by atoms with Gasteiger partial charge >= 0.3 is 0 Å². The summed E-state index contributed by atoms with van der Waals surface area (Å²) < 4.78 is 12.9. The highest BCUT2D eigenvalue weighted by Gasteiger charge is 2.09. The summed E-state index contributed by atoms with van der Waals surface area (Å²) in [4.78, 5) is 24.4. The van der Waals surface area contributed by atoms with E-state index in [1.165, 1.54) is 36.5 Å². The lowest BCUT2D eigenvalue weighted by atomic mass is 10.1. The predicted molar refractivity (Wildman–Crippen MR) is 102 cm³/mol. The molecule has 3 rings (SSSR count). The van der Waals surface area contributed by atoms with E-state index in [9.17, 15) is 14.0 Å². The van der Waals surface area contributed by atoms with Gasteiger partial charge in [0, 0.05) is 16.8 Å². The van der Waals surface area contributed by atoms with Crippen LogP contribution in [0, 0.1) is 5.82 Å². The Morgan fingerprint density at radius 1 is 0.815 bits per heavy atom. The number of nitrogens with zero attached hydrogens (tertiary/aromatic N) is 1. The topological polar surface area (TPSA) is 70.6 Å². The number of carbonyl (C=O) groups excluding carboxylic acids is 2. The van der Waals surface area contributed by atoms with Crippen LogP contribution in [0.25, 0.3) is 0 Å². The molecule has 0 aliphatic carbocycles. The second kappa shape index (κ2) is 8.53. The van der Waals surface area contributed by atoms with Crippen molar-refractivity contribution in [3.05, 3.63) is 101 Å². The summed E-state index contributed by atoms with van der Waals surface area (Å²) in [5.41, 5.74) is 4.41. The zero-order chi connectivity index (χ0) is 19.1. The average molecular weight is 361 g/mol. The molecule has 0 heterocycles. The number of amides is 2. The van der Waals surface area contributed by atoms with Gasteiger partial charge in [0.05, 0.1) is 6.21 Å². The minimum absolute atomic E-state index is 0.318. The van der Waals surface area contributed by atoms with Gasteiger partial charge in [-0.1, -0.05) is 36.4 Å². The molecule has 5 nitrogen and oxygen atoms in total. The molecule has 0 aliphatic rings. The van der Waals surface area contributed by atoms with Crippen molar-refractivity contribution in [2.45, 2.75) is 0 Å². The normalized spacial score (nSPS) is 10.6. The molecule has 0 aliphatic heterocycles. The zero-order valence-electron chi connectivity index (χ0n) is 14.2. The highest BCUT2D eigenvalue weighted by atomic mass is 19.1. The second-order valence-electron chi connectivity index (χ2n) is 5.65. The van der Waals surface area contributed by atoms with Crippen molar-refractivity contribution in [1.29, 1.82) is 0 Å². The summed E-state index contributed by atoms with van der Waals surface area (Å²) in [5, 5.41) is 6.59. The molecule has 0 aromatic heterocycles. The van der Waals surface area contributed by atoms with Gasteiger partial charge in [-0.15, -0.1) is 0 Å². The number of anilines is 1. The van der Waals surface area contributed by atoms with E-state index in [0.717, 1.165) is 5.56 Å². The fourth-order valence-electron chi connectivity index (χ4n) is 2.31. The van der Waals surface area contributed by atoms with Gasteiger partial charge in [0.25, 0.3) is 11.8 Å². The van der Waals surface area contributed by atoms with E-state index < -0.39 is 17.6 Å². The Morgan fingerprint density at radius 2 is 1.56 bits per heavy atom. The first-order chi connectivity index (χ1) is 13.1. The fourth-order valence-corrected chi connectivity index (χ4v) is 2.31. The third-order valence-corrected chi connectivity index (χ3v) is 3.67. The van der Waals surface area contributed by atoms with Crippen LogP contribution >= 0.6 is 0 Å². The molecule has 27 heavy (non-hydrogen) atoms. The molecule has 0 saturated heterocycles. The number of hydrogen-bond donors (Lipinski definition) is 2. The molecule has 0 radical (unpaired) electrons. The number of rotatable bonds is 5. The number of hydrogen-bond acceptors (Lipinski definition) is 3. The van der Waals surface area contributed by atoms with E-state index in [1.807, 2.05) is 30.3 Å². The molecule has 6 heteroatoms. The van der Waals surface area contributed by atoms with Gasteiger partial charge in [-0.05, 0) is 48.0 Å². The lowest BCUT2D eigenvalue weighted by Gasteiger charge is -2.07. The lowest BCUT2D eigenvalue weighted by molar-refractivity contribution is 0.0953. The van der Waals surface area contributed by atoms with Crippen LogP contribution in [0.1, 0.15) is 26.3 Å². The monoisotopic (exact) mass is 361 g/mol. The molecule has 2 amide bonds. The minimum atomic E-state index is -0.415. The summed E-state index contributed by atoms with van der Waals surface area (Å²) in [5.74, 6) is -1.21. The van der Waals surface area contributed by atoms with Crippen LogP contribution in [0.15, 0.2) is 84.0 Å². The Balaban J connectivity index is 1.64. The first kappa shape index (κ1) is 18.0. The van der Waals surface area contributed by atoms with Gasteiger partial charge in [-0.2, -0.15) is 5.10 Å². The third-order valence-electron chi connectivity index (χ3n) is 3.67. The summed E-state index contributed by atoms with van der Waals surface area (Å²) >= 11 is 0. The van der Waals surface area contributed by atoms with Crippen LogP contribution in [-0.4, -0.2) is 18.0 Å². The van der Waals surface area contributed by atoms with E-state index in [0.29, 0.717) is 16.8 Å². The van der Waals surface area contributed by atoms with Gasteiger partial charge in [0.2, 0.25) is 0 Å². The Labute approximate surface area is 155 Å². The molecular formula is C21H16FN3O2. The van der Waals surface area contributed by atoms with Gasteiger partial charge < -0.3 is 5.32 Å². The Hall–Kier alpha value is -3.80. The third kappa shape index (κ3) is 5.09. The first-order valence-electron chi connectivity index (χ1n) is 8.17. The van der Waals surface area contributed by atoms with Crippen LogP contribution in [0.3, 0.4) is 0 Å². The van der Waals surface area contributed by atoms with Crippen molar-refractivity contribution in [3.63, 3.8) is 0 Å². The highest BCUT2D eigenvalue weighted by Crippen LogP contribution is 2.13. The predicted octanol–water partition coefficient (Wildman–Crippen LogP) is 3.84. The van der Waals surface area contributed by atoms with Gasteiger partial charge in [0.1, 0.15) is 5.82 Å². The van der Waals surface area contributed by atoms with Gasteiger partial charge in [-0.25, -0.2) is 9.82 Å². The standard InChI is InChI=1S/C21H16FN3O2/c22-18-11-9-16(10-12-18)20(26)24-19-8-4-7-17(13-19)21(27)25-23-14-15-5-2-1-3-6-15/h1-14H,(H,24,26)(H,25,27)/b23-14-. The van der Waals surface area contributed by atoms with Crippen LogP contribution < -0.4 is 10.7 Å². The fraction of sp³-hybridized carbons (Fsp3) is 0. The largest absolute Gasteiger partial charge is 0.322 e. The van der Waals surface area contributed by atoms with Crippen molar-refractivity contribution in [3.8, 4) is 0 Å². The molecule has 0 unspecified atom stereocenters. The Kier molecular flexibility index (Phi) is 5.69.